The molecule has 28 heavy (non-hydrogen) atoms. The third kappa shape index (κ3) is 4.76. The number of rotatable bonds is 3. The molecule has 3 aromatic carbocycles. The van der Waals surface area contributed by atoms with Gasteiger partial charge in [0.1, 0.15) is 0 Å². The normalized spacial score (nSPS) is 12.1. The van der Waals surface area contributed by atoms with Crippen molar-refractivity contribution in [2.75, 3.05) is 4.90 Å². The van der Waals surface area contributed by atoms with Gasteiger partial charge >= 0.3 is 0 Å². The Labute approximate surface area is 166 Å². The Hall–Kier alpha value is -3.60. The van der Waals surface area contributed by atoms with Gasteiger partial charge in [-0.05, 0) is 57.2 Å². The molecule has 0 unspecified atom stereocenters. The molecule has 0 spiro atoms. The van der Waals surface area contributed by atoms with E-state index in [0.717, 1.165) is 33.8 Å². The van der Waals surface area contributed by atoms with Crippen LogP contribution in [0.3, 0.4) is 0 Å². The van der Waals surface area contributed by atoms with Crippen LogP contribution in [0.5, 0.6) is 0 Å². The maximum Gasteiger partial charge on any atom is 0.208 e. The molecule has 0 fully saturated rings. The first-order valence-corrected chi connectivity index (χ1v) is 9.11. The van der Waals surface area contributed by atoms with Crippen molar-refractivity contribution in [1.82, 2.24) is 0 Å². The molecule has 0 saturated heterocycles. The second-order valence-electron chi connectivity index (χ2n) is 6.78. The molecule has 142 valence electrons. The van der Waals surface area contributed by atoms with E-state index in [0.29, 0.717) is 0 Å². The van der Waals surface area contributed by atoms with Gasteiger partial charge in [0.15, 0.2) is 0 Å². The molecule has 0 radical (unpaired) electrons. The first-order chi connectivity index (χ1) is 13.4. The molecule has 0 aromatic heterocycles. The summed E-state index contributed by atoms with van der Waals surface area (Å²) in [4.78, 5) is 10.7. The summed E-state index contributed by atoms with van der Waals surface area (Å²) >= 11 is 0. The lowest BCUT2D eigenvalue weighted by Gasteiger charge is -2.23. The second-order valence-corrected chi connectivity index (χ2v) is 6.78. The Morgan fingerprint density at radius 3 is 1.25 bits per heavy atom. The number of hydrogen-bond donors (Lipinski definition) is 2. The predicted molar refractivity (Wildman–Crippen MR) is 119 cm³/mol. The zero-order chi connectivity index (χ0) is 20.1. The van der Waals surface area contributed by atoms with Gasteiger partial charge in [-0.2, -0.15) is 0 Å². The molecule has 5 nitrogen and oxygen atoms in total. The first kappa shape index (κ1) is 19.2. The van der Waals surface area contributed by atoms with E-state index in [1.165, 1.54) is 0 Å². The van der Waals surface area contributed by atoms with Gasteiger partial charge in [0.05, 0.1) is 17.1 Å². The van der Waals surface area contributed by atoms with Gasteiger partial charge in [0, 0.05) is 0 Å². The molecule has 0 bridgehead atoms. The molecule has 5 heteroatoms. The molecule has 0 aliphatic heterocycles. The van der Waals surface area contributed by atoms with Crippen LogP contribution in [0.1, 0.15) is 16.7 Å². The van der Waals surface area contributed by atoms with Crippen molar-refractivity contribution in [2.45, 2.75) is 20.8 Å². The molecule has 0 atom stereocenters. The van der Waals surface area contributed by atoms with E-state index >= 15 is 0 Å². The zero-order valence-electron chi connectivity index (χ0n) is 16.4. The van der Waals surface area contributed by atoms with Crippen LogP contribution in [0.4, 0.5) is 17.1 Å². The van der Waals surface area contributed by atoms with Gasteiger partial charge in [-0.25, -0.2) is 9.98 Å². The van der Waals surface area contributed by atoms with Crippen LogP contribution in [0, 0.1) is 20.8 Å². The average Bonchev–Trinajstić information content (AvgIpc) is 2.67. The molecule has 0 aliphatic rings. The Kier molecular flexibility index (Phi) is 5.75. The summed E-state index contributed by atoms with van der Waals surface area (Å²) in [7, 11) is 0. The van der Waals surface area contributed by atoms with Gasteiger partial charge in [-0.15, -0.1) is 0 Å². The van der Waals surface area contributed by atoms with Crippen molar-refractivity contribution < 1.29 is 0 Å². The van der Waals surface area contributed by atoms with Crippen LogP contribution in [0.15, 0.2) is 82.8 Å². The predicted octanol–water partition coefficient (Wildman–Crippen LogP) is 4.71. The summed E-state index contributed by atoms with van der Waals surface area (Å²) in [6.45, 7) is 6.09. The van der Waals surface area contributed by atoms with Crippen LogP contribution in [-0.4, -0.2) is 11.9 Å². The van der Waals surface area contributed by atoms with E-state index in [1.54, 1.807) is 4.90 Å². The highest BCUT2D eigenvalue weighted by atomic mass is 15.3. The van der Waals surface area contributed by atoms with Crippen LogP contribution in [-0.2, 0) is 0 Å². The van der Waals surface area contributed by atoms with Crippen molar-refractivity contribution in [2.24, 2.45) is 21.5 Å². The molecule has 3 rings (SSSR count). The van der Waals surface area contributed by atoms with Gasteiger partial charge in [0.25, 0.3) is 0 Å². The molecule has 0 saturated carbocycles. The fourth-order valence-corrected chi connectivity index (χ4v) is 2.68. The highest BCUT2D eigenvalue weighted by Crippen LogP contribution is 2.20. The van der Waals surface area contributed by atoms with E-state index in [4.69, 9.17) is 11.5 Å². The average molecular weight is 371 g/mol. The van der Waals surface area contributed by atoms with E-state index in [1.807, 2.05) is 93.6 Å². The van der Waals surface area contributed by atoms with Crippen molar-refractivity contribution in [3.8, 4) is 0 Å². The van der Waals surface area contributed by atoms with E-state index in [9.17, 15) is 0 Å². The number of nitrogens with two attached hydrogens (primary N) is 2. The van der Waals surface area contributed by atoms with Crippen LogP contribution >= 0.6 is 0 Å². The molecule has 4 N–H and O–H groups in total. The Bertz CT molecular complexity index is 923. The largest absolute Gasteiger partial charge is 0.369 e. The minimum Gasteiger partial charge on any atom is -0.369 e. The van der Waals surface area contributed by atoms with Crippen molar-refractivity contribution in [1.29, 1.82) is 0 Å². The number of anilines is 1. The summed E-state index contributed by atoms with van der Waals surface area (Å²) in [6.07, 6.45) is 0. The van der Waals surface area contributed by atoms with Crippen LogP contribution in [0.2, 0.25) is 0 Å². The Morgan fingerprint density at radius 2 is 0.893 bits per heavy atom. The number of hydrogen-bond acceptors (Lipinski definition) is 2. The number of benzene rings is 3. The molecular weight excluding hydrogens is 346 g/mol. The highest BCUT2D eigenvalue weighted by molar-refractivity contribution is 6.17. The highest BCUT2D eigenvalue weighted by Gasteiger charge is 2.16. The van der Waals surface area contributed by atoms with E-state index in [-0.39, 0.29) is 11.9 Å². The molecular formula is C23H25N5. The van der Waals surface area contributed by atoms with Crippen molar-refractivity contribution in [3.63, 3.8) is 0 Å². The molecule has 3 aromatic rings. The van der Waals surface area contributed by atoms with Gasteiger partial charge in [-0.1, -0.05) is 53.1 Å². The van der Waals surface area contributed by atoms with E-state index < -0.39 is 0 Å². The SMILES string of the molecule is Cc1ccc(N=C(N)N(C(N)=Nc2ccc(C)cc2)c2ccc(C)cc2)cc1. The lowest BCUT2D eigenvalue weighted by Crippen LogP contribution is -2.46. The summed E-state index contributed by atoms with van der Waals surface area (Å²) in [5.41, 5.74) is 18.5. The topological polar surface area (TPSA) is 80.0 Å². The summed E-state index contributed by atoms with van der Waals surface area (Å²) in [5, 5.41) is 0. The monoisotopic (exact) mass is 371 g/mol. The van der Waals surface area contributed by atoms with Gasteiger partial charge in [0.2, 0.25) is 11.9 Å². The lowest BCUT2D eigenvalue weighted by atomic mass is 10.2. The minimum absolute atomic E-state index is 0.251. The Morgan fingerprint density at radius 1 is 0.571 bits per heavy atom. The summed E-state index contributed by atoms with van der Waals surface area (Å²) in [6, 6.07) is 23.5. The molecule has 0 aliphatic carbocycles. The minimum atomic E-state index is 0.251. The van der Waals surface area contributed by atoms with Crippen molar-refractivity contribution >= 4 is 29.0 Å². The summed E-state index contributed by atoms with van der Waals surface area (Å²) in [5.74, 6) is 0.502. The fourth-order valence-electron chi connectivity index (χ4n) is 2.68. The maximum absolute atomic E-state index is 6.35. The number of aliphatic imine (C=N–C) groups is 2. The lowest BCUT2D eigenvalue weighted by molar-refractivity contribution is 1.27. The molecule has 0 heterocycles. The number of nitrogens with zero attached hydrogens (tertiary/aromatic N) is 3. The van der Waals surface area contributed by atoms with Gasteiger partial charge in [-0.3, -0.25) is 4.90 Å². The van der Waals surface area contributed by atoms with E-state index in [2.05, 4.69) is 9.98 Å². The fraction of sp³-hybridized carbons (Fsp3) is 0.130. The van der Waals surface area contributed by atoms with Gasteiger partial charge < -0.3 is 11.5 Å². The number of guanidine groups is 2. The van der Waals surface area contributed by atoms with Crippen molar-refractivity contribution in [3.05, 3.63) is 89.5 Å². The quantitative estimate of drug-likeness (QED) is 0.517. The standard InChI is InChI=1S/C23H25N5/c1-16-4-10-19(11-5-16)26-22(24)28(21-14-8-18(3)9-15-21)23(25)27-20-12-6-17(2)7-13-20/h4-15H,1-3H3,(H2,24,26)(H2,25,27). The molecule has 0 amide bonds. The van der Waals surface area contributed by atoms with Crippen LogP contribution < -0.4 is 16.4 Å². The second kappa shape index (κ2) is 8.39. The third-order valence-corrected chi connectivity index (χ3v) is 4.31. The summed E-state index contributed by atoms with van der Waals surface area (Å²) < 4.78 is 0. The first-order valence-electron chi connectivity index (χ1n) is 9.11. The zero-order valence-corrected chi connectivity index (χ0v) is 16.4. The maximum atomic E-state index is 6.35. The smallest absolute Gasteiger partial charge is 0.208 e. The van der Waals surface area contributed by atoms with Crippen LogP contribution in [0.25, 0.3) is 0 Å². The Balaban J connectivity index is 2.02. The third-order valence-electron chi connectivity index (χ3n) is 4.31. The number of aryl methyl sites for hydroxylation is 3.